The lowest BCUT2D eigenvalue weighted by molar-refractivity contribution is 0.270. The quantitative estimate of drug-likeness (QED) is 0.722. The molecule has 0 bridgehead atoms. The highest BCUT2D eigenvalue weighted by atomic mass is 32.2. The van der Waals surface area contributed by atoms with Crippen LogP contribution in [0, 0.1) is 5.92 Å². The molecular weight excluding hydrogens is 276 g/mol. The second kappa shape index (κ2) is 6.28. The number of aliphatic hydroxyl groups excluding tert-OH is 1. The number of sulfonamides is 1. The summed E-state index contributed by atoms with van der Waals surface area (Å²) in [5, 5.41) is 9.31. The molecule has 1 saturated carbocycles. The first-order chi connectivity index (χ1) is 9.44. The summed E-state index contributed by atoms with van der Waals surface area (Å²) in [6.45, 7) is 4.58. The Morgan fingerprint density at radius 1 is 1.45 bits per heavy atom. The third-order valence-corrected chi connectivity index (χ3v) is 5.00. The lowest BCUT2D eigenvalue weighted by Gasteiger charge is -2.06. The summed E-state index contributed by atoms with van der Waals surface area (Å²) in [4.78, 5) is 0.262. The van der Waals surface area contributed by atoms with Crippen LogP contribution in [0.15, 0.2) is 17.2 Å². The van der Waals surface area contributed by atoms with Gasteiger partial charge in [0.25, 0.3) is 0 Å². The van der Waals surface area contributed by atoms with Gasteiger partial charge in [-0.1, -0.05) is 13.8 Å². The Bertz CT molecular complexity index is 545. The Kier molecular flexibility index (Phi) is 4.88. The van der Waals surface area contributed by atoms with Crippen molar-refractivity contribution in [3.05, 3.63) is 18.0 Å². The average molecular weight is 300 g/mol. The third kappa shape index (κ3) is 3.84. The highest BCUT2D eigenvalue weighted by Gasteiger charge is 2.27. The van der Waals surface area contributed by atoms with Crippen molar-refractivity contribution < 1.29 is 13.5 Å². The summed E-state index contributed by atoms with van der Waals surface area (Å²) >= 11 is 0. The molecule has 0 radical (unpaired) electrons. The monoisotopic (exact) mass is 300 g/mol. The van der Waals surface area contributed by atoms with E-state index >= 15 is 0 Å². The summed E-state index contributed by atoms with van der Waals surface area (Å²) in [6.07, 6.45) is 5.61. The average Bonchev–Trinajstić information content (AvgIpc) is 3.13. The standard InChI is InChI=1S/C14H24N2O3S/c1-11(2)4-3-7-15-20(18,19)14-8-13(10-17)16(9-14)12-5-6-12/h8-9,11-12,15,17H,3-7,10H2,1-2H3. The molecule has 2 N–H and O–H groups in total. The molecule has 1 aliphatic rings. The van der Waals surface area contributed by atoms with Gasteiger partial charge < -0.3 is 9.67 Å². The van der Waals surface area contributed by atoms with E-state index in [2.05, 4.69) is 18.6 Å². The maximum absolute atomic E-state index is 12.2. The van der Waals surface area contributed by atoms with Gasteiger partial charge in [-0.3, -0.25) is 0 Å². The van der Waals surface area contributed by atoms with Gasteiger partial charge in [-0.2, -0.15) is 0 Å². The number of nitrogens with zero attached hydrogens (tertiary/aromatic N) is 1. The van der Waals surface area contributed by atoms with E-state index in [9.17, 15) is 13.5 Å². The molecule has 1 fully saturated rings. The Labute approximate surface area is 121 Å². The number of nitrogens with one attached hydrogen (secondary N) is 1. The molecule has 0 unspecified atom stereocenters. The number of hydrogen-bond acceptors (Lipinski definition) is 3. The van der Waals surface area contributed by atoms with Gasteiger partial charge in [-0.05, 0) is 37.7 Å². The normalized spacial score (nSPS) is 16.0. The van der Waals surface area contributed by atoms with Gasteiger partial charge in [-0.15, -0.1) is 0 Å². The predicted octanol–water partition coefficient (Wildman–Crippen LogP) is 2.03. The molecule has 1 heterocycles. The van der Waals surface area contributed by atoms with Crippen molar-refractivity contribution in [2.45, 2.75) is 57.1 Å². The van der Waals surface area contributed by atoms with E-state index in [1.165, 1.54) is 0 Å². The maximum atomic E-state index is 12.2. The molecule has 0 aliphatic heterocycles. The predicted molar refractivity (Wildman–Crippen MR) is 77.9 cm³/mol. The van der Waals surface area contributed by atoms with Crippen LogP contribution in [0.2, 0.25) is 0 Å². The van der Waals surface area contributed by atoms with Crippen LogP contribution < -0.4 is 4.72 Å². The first-order valence-corrected chi connectivity index (χ1v) is 8.73. The van der Waals surface area contributed by atoms with Gasteiger partial charge in [0.2, 0.25) is 10.0 Å². The Hall–Kier alpha value is -0.850. The molecule has 0 amide bonds. The van der Waals surface area contributed by atoms with Gasteiger partial charge in [0.05, 0.1) is 11.5 Å². The van der Waals surface area contributed by atoms with Crippen molar-refractivity contribution in [3.8, 4) is 0 Å². The van der Waals surface area contributed by atoms with E-state index in [-0.39, 0.29) is 11.5 Å². The minimum absolute atomic E-state index is 0.126. The van der Waals surface area contributed by atoms with Gasteiger partial charge in [0.15, 0.2) is 0 Å². The topological polar surface area (TPSA) is 71.3 Å². The van der Waals surface area contributed by atoms with Crippen LogP contribution >= 0.6 is 0 Å². The maximum Gasteiger partial charge on any atom is 0.242 e. The molecule has 0 spiro atoms. The molecule has 2 rings (SSSR count). The van der Waals surface area contributed by atoms with E-state index in [1.54, 1.807) is 12.3 Å². The smallest absolute Gasteiger partial charge is 0.242 e. The van der Waals surface area contributed by atoms with Crippen LogP contribution in [0.1, 0.15) is 51.3 Å². The van der Waals surface area contributed by atoms with E-state index in [4.69, 9.17) is 0 Å². The summed E-state index contributed by atoms with van der Waals surface area (Å²) in [7, 11) is -3.46. The summed E-state index contributed by atoms with van der Waals surface area (Å²) in [5.74, 6) is 0.580. The van der Waals surface area contributed by atoms with Gasteiger partial charge >= 0.3 is 0 Å². The molecular formula is C14H24N2O3S. The fourth-order valence-electron chi connectivity index (χ4n) is 2.26. The van der Waals surface area contributed by atoms with Gasteiger partial charge in [0, 0.05) is 24.5 Å². The van der Waals surface area contributed by atoms with Gasteiger partial charge in [0.1, 0.15) is 0 Å². The zero-order valence-corrected chi connectivity index (χ0v) is 13.0. The van der Waals surface area contributed by atoms with Gasteiger partial charge in [-0.25, -0.2) is 13.1 Å². The zero-order valence-electron chi connectivity index (χ0n) is 12.2. The third-order valence-electron chi connectivity index (χ3n) is 3.57. The number of rotatable bonds is 8. The number of hydrogen-bond donors (Lipinski definition) is 2. The first kappa shape index (κ1) is 15.5. The highest BCUT2D eigenvalue weighted by molar-refractivity contribution is 7.89. The first-order valence-electron chi connectivity index (χ1n) is 7.25. The second-order valence-corrected chi connectivity index (χ2v) is 7.66. The van der Waals surface area contributed by atoms with Crippen LogP contribution in [0.5, 0.6) is 0 Å². The molecule has 1 aliphatic carbocycles. The fourth-order valence-corrected chi connectivity index (χ4v) is 3.39. The lowest BCUT2D eigenvalue weighted by Crippen LogP contribution is -2.24. The molecule has 1 aromatic rings. The van der Waals surface area contributed by atoms with Crippen molar-refractivity contribution >= 4 is 10.0 Å². The largest absolute Gasteiger partial charge is 0.390 e. The summed E-state index contributed by atoms with van der Waals surface area (Å²) < 4.78 is 28.9. The highest BCUT2D eigenvalue weighted by Crippen LogP contribution is 2.37. The lowest BCUT2D eigenvalue weighted by atomic mass is 10.1. The van der Waals surface area contributed by atoms with Crippen LogP contribution in [-0.2, 0) is 16.6 Å². The molecule has 0 aromatic carbocycles. The number of aromatic nitrogens is 1. The van der Waals surface area contributed by atoms with E-state index in [0.717, 1.165) is 25.7 Å². The Morgan fingerprint density at radius 3 is 2.70 bits per heavy atom. The summed E-state index contributed by atoms with van der Waals surface area (Å²) in [5.41, 5.74) is 0.676. The minimum atomic E-state index is -3.46. The molecule has 0 atom stereocenters. The van der Waals surface area contributed by atoms with E-state index < -0.39 is 10.0 Å². The van der Waals surface area contributed by atoms with Crippen LogP contribution in [-0.4, -0.2) is 24.6 Å². The molecule has 1 aromatic heterocycles. The molecule has 6 heteroatoms. The van der Waals surface area contributed by atoms with Crippen LogP contribution in [0.3, 0.4) is 0 Å². The van der Waals surface area contributed by atoms with Crippen molar-refractivity contribution in [1.29, 1.82) is 0 Å². The SMILES string of the molecule is CC(C)CCCNS(=O)(=O)c1cc(CO)n(C2CC2)c1. The van der Waals surface area contributed by atoms with Crippen molar-refractivity contribution in [2.24, 2.45) is 5.92 Å². The van der Waals surface area contributed by atoms with E-state index in [0.29, 0.717) is 24.2 Å². The molecule has 20 heavy (non-hydrogen) atoms. The fraction of sp³-hybridized carbons (Fsp3) is 0.714. The van der Waals surface area contributed by atoms with E-state index in [1.807, 2.05) is 4.57 Å². The zero-order chi connectivity index (χ0) is 14.8. The van der Waals surface area contributed by atoms with Crippen molar-refractivity contribution in [3.63, 3.8) is 0 Å². The molecule has 5 nitrogen and oxygen atoms in total. The van der Waals surface area contributed by atoms with Crippen molar-refractivity contribution in [2.75, 3.05) is 6.54 Å². The van der Waals surface area contributed by atoms with Crippen LogP contribution in [0.25, 0.3) is 0 Å². The van der Waals surface area contributed by atoms with Crippen molar-refractivity contribution in [1.82, 2.24) is 9.29 Å². The van der Waals surface area contributed by atoms with Crippen LogP contribution in [0.4, 0.5) is 0 Å². The second-order valence-electron chi connectivity index (χ2n) is 5.90. The minimum Gasteiger partial charge on any atom is -0.390 e. The molecule has 114 valence electrons. The summed E-state index contributed by atoms with van der Waals surface area (Å²) in [6, 6.07) is 1.94. The number of aliphatic hydroxyl groups is 1. The molecule has 0 saturated heterocycles. The Balaban J connectivity index is 2.01. The Morgan fingerprint density at radius 2 is 2.15 bits per heavy atom.